The second-order valence-electron chi connectivity index (χ2n) is 5.06. The van der Waals surface area contributed by atoms with Crippen LogP contribution in [0.1, 0.15) is 23.7 Å². The molecule has 5 nitrogen and oxygen atoms in total. The Kier molecular flexibility index (Phi) is 4.22. The lowest BCUT2D eigenvalue weighted by atomic mass is 9.88. The first-order valence-corrected chi connectivity index (χ1v) is 6.83. The number of anilines is 1. The predicted octanol–water partition coefficient (Wildman–Crippen LogP) is 2.63. The number of benzene rings is 1. The predicted molar refractivity (Wildman–Crippen MR) is 77.6 cm³/mol. The van der Waals surface area contributed by atoms with Gasteiger partial charge in [-0.2, -0.15) is 0 Å². The Balaban J connectivity index is 2.26. The number of halogens is 2. The standard InChI is InChI=1S/C13H14Cl2N2O3/c1-13(2-3-16-6-13)12(20)17-10-8(14)4-7(11(18)19)5-9(10)15/h4-5,16H,2-3,6H2,1H3,(H,17,20)(H,18,19). The van der Waals surface area contributed by atoms with Gasteiger partial charge in [0.2, 0.25) is 5.91 Å². The van der Waals surface area contributed by atoms with E-state index in [1.165, 1.54) is 12.1 Å². The largest absolute Gasteiger partial charge is 0.478 e. The van der Waals surface area contributed by atoms with Crippen molar-refractivity contribution in [3.8, 4) is 0 Å². The molecule has 1 heterocycles. The summed E-state index contributed by atoms with van der Waals surface area (Å²) in [5, 5.41) is 14.9. The van der Waals surface area contributed by atoms with Gasteiger partial charge in [-0.3, -0.25) is 4.79 Å². The maximum Gasteiger partial charge on any atom is 0.335 e. The Morgan fingerprint density at radius 3 is 2.40 bits per heavy atom. The van der Waals surface area contributed by atoms with Gasteiger partial charge in [0.1, 0.15) is 0 Å². The molecule has 1 atom stereocenters. The summed E-state index contributed by atoms with van der Waals surface area (Å²) < 4.78 is 0. The maximum absolute atomic E-state index is 12.3. The summed E-state index contributed by atoms with van der Waals surface area (Å²) in [4.78, 5) is 23.2. The van der Waals surface area contributed by atoms with Crippen LogP contribution in [-0.4, -0.2) is 30.1 Å². The highest BCUT2D eigenvalue weighted by molar-refractivity contribution is 6.40. The molecular formula is C13H14Cl2N2O3. The smallest absolute Gasteiger partial charge is 0.335 e. The van der Waals surface area contributed by atoms with Gasteiger partial charge in [0.05, 0.1) is 26.7 Å². The molecule has 1 fully saturated rings. The minimum atomic E-state index is -1.13. The third-order valence-electron chi connectivity index (χ3n) is 3.44. The first-order valence-electron chi connectivity index (χ1n) is 6.08. The second-order valence-corrected chi connectivity index (χ2v) is 5.88. The number of nitrogens with one attached hydrogen (secondary N) is 2. The van der Waals surface area contributed by atoms with Crippen LogP contribution in [0, 0.1) is 5.41 Å². The van der Waals surface area contributed by atoms with Crippen molar-refractivity contribution in [1.82, 2.24) is 5.32 Å². The van der Waals surface area contributed by atoms with Crippen molar-refractivity contribution in [3.63, 3.8) is 0 Å². The quantitative estimate of drug-likeness (QED) is 0.801. The highest BCUT2D eigenvalue weighted by Gasteiger charge is 2.36. The average Bonchev–Trinajstić information content (AvgIpc) is 2.81. The fourth-order valence-electron chi connectivity index (χ4n) is 2.09. The number of rotatable bonds is 3. The van der Waals surface area contributed by atoms with Crippen molar-refractivity contribution in [2.45, 2.75) is 13.3 Å². The lowest BCUT2D eigenvalue weighted by Crippen LogP contribution is -2.35. The number of carbonyl (C=O) groups is 2. The Morgan fingerprint density at radius 2 is 1.95 bits per heavy atom. The van der Waals surface area contributed by atoms with E-state index >= 15 is 0 Å². The van der Waals surface area contributed by atoms with Crippen LogP contribution >= 0.6 is 23.2 Å². The molecule has 1 unspecified atom stereocenters. The molecule has 0 spiro atoms. The van der Waals surface area contributed by atoms with Crippen LogP contribution in [-0.2, 0) is 4.79 Å². The van der Waals surface area contributed by atoms with Gasteiger partial charge in [-0.05, 0) is 32.0 Å². The van der Waals surface area contributed by atoms with E-state index < -0.39 is 11.4 Å². The second kappa shape index (κ2) is 5.60. The lowest BCUT2D eigenvalue weighted by molar-refractivity contribution is -0.123. The van der Waals surface area contributed by atoms with E-state index in [-0.39, 0.29) is 27.2 Å². The minimum Gasteiger partial charge on any atom is -0.478 e. The van der Waals surface area contributed by atoms with Crippen LogP contribution in [0.25, 0.3) is 0 Å². The molecule has 0 aliphatic carbocycles. The van der Waals surface area contributed by atoms with Crippen LogP contribution in [0.5, 0.6) is 0 Å². The zero-order valence-electron chi connectivity index (χ0n) is 10.8. The molecule has 20 heavy (non-hydrogen) atoms. The van der Waals surface area contributed by atoms with Crippen molar-refractivity contribution in [3.05, 3.63) is 27.7 Å². The normalized spacial score (nSPS) is 21.8. The number of carboxylic acids is 1. The summed E-state index contributed by atoms with van der Waals surface area (Å²) in [7, 11) is 0. The van der Waals surface area contributed by atoms with Crippen LogP contribution in [0.2, 0.25) is 10.0 Å². The maximum atomic E-state index is 12.3. The molecule has 0 saturated carbocycles. The van der Waals surface area contributed by atoms with E-state index in [4.69, 9.17) is 28.3 Å². The topological polar surface area (TPSA) is 78.4 Å². The Bertz CT molecular complexity index is 546. The van der Waals surface area contributed by atoms with Crippen molar-refractivity contribution in [2.75, 3.05) is 18.4 Å². The SMILES string of the molecule is CC1(C(=O)Nc2c(Cl)cc(C(=O)O)cc2Cl)CCNC1. The summed E-state index contributed by atoms with van der Waals surface area (Å²) in [6, 6.07) is 2.53. The molecule has 1 aromatic rings. The molecule has 1 aliphatic heterocycles. The summed E-state index contributed by atoms with van der Waals surface area (Å²) in [5.74, 6) is -1.31. The monoisotopic (exact) mass is 316 g/mol. The third kappa shape index (κ3) is 2.90. The minimum absolute atomic E-state index is 0.0215. The van der Waals surface area contributed by atoms with E-state index in [1.807, 2.05) is 6.92 Å². The fraction of sp³-hybridized carbons (Fsp3) is 0.385. The van der Waals surface area contributed by atoms with E-state index in [1.54, 1.807) is 0 Å². The van der Waals surface area contributed by atoms with Gasteiger partial charge in [-0.15, -0.1) is 0 Å². The summed E-state index contributed by atoms with van der Waals surface area (Å²) in [5.41, 5.74) is -0.291. The van der Waals surface area contributed by atoms with E-state index in [9.17, 15) is 9.59 Å². The van der Waals surface area contributed by atoms with Gasteiger partial charge in [0.25, 0.3) is 0 Å². The molecule has 0 radical (unpaired) electrons. The Labute approximate surface area is 126 Å². The highest BCUT2D eigenvalue weighted by atomic mass is 35.5. The van der Waals surface area contributed by atoms with Crippen LogP contribution < -0.4 is 10.6 Å². The highest BCUT2D eigenvalue weighted by Crippen LogP contribution is 2.34. The number of aromatic carboxylic acids is 1. The molecule has 7 heteroatoms. The van der Waals surface area contributed by atoms with Crippen molar-refractivity contribution in [2.24, 2.45) is 5.41 Å². The molecule has 1 amide bonds. The van der Waals surface area contributed by atoms with Gasteiger partial charge in [0.15, 0.2) is 0 Å². The van der Waals surface area contributed by atoms with Crippen molar-refractivity contribution < 1.29 is 14.7 Å². The van der Waals surface area contributed by atoms with Gasteiger partial charge in [-0.1, -0.05) is 23.2 Å². The van der Waals surface area contributed by atoms with Gasteiger partial charge in [0, 0.05) is 6.54 Å². The van der Waals surface area contributed by atoms with Gasteiger partial charge >= 0.3 is 5.97 Å². The third-order valence-corrected chi connectivity index (χ3v) is 4.04. The van der Waals surface area contributed by atoms with E-state index in [0.29, 0.717) is 6.54 Å². The fourth-order valence-corrected chi connectivity index (χ4v) is 2.67. The molecule has 1 saturated heterocycles. The number of carboxylic acid groups (broad SMARTS) is 1. The molecule has 2 rings (SSSR count). The van der Waals surface area contributed by atoms with Crippen LogP contribution in [0.4, 0.5) is 5.69 Å². The van der Waals surface area contributed by atoms with Gasteiger partial charge in [-0.25, -0.2) is 4.79 Å². The zero-order valence-corrected chi connectivity index (χ0v) is 12.3. The molecular weight excluding hydrogens is 303 g/mol. The van der Waals surface area contributed by atoms with Crippen molar-refractivity contribution in [1.29, 1.82) is 0 Å². The molecule has 1 aliphatic rings. The zero-order chi connectivity index (χ0) is 14.9. The lowest BCUT2D eigenvalue weighted by Gasteiger charge is -2.22. The average molecular weight is 317 g/mol. The molecule has 3 N–H and O–H groups in total. The van der Waals surface area contributed by atoms with Crippen LogP contribution in [0.15, 0.2) is 12.1 Å². The van der Waals surface area contributed by atoms with E-state index in [2.05, 4.69) is 10.6 Å². The molecule has 108 valence electrons. The van der Waals surface area contributed by atoms with Crippen molar-refractivity contribution >= 4 is 40.8 Å². The summed E-state index contributed by atoms with van der Waals surface area (Å²) in [6.45, 7) is 3.22. The van der Waals surface area contributed by atoms with Gasteiger partial charge < -0.3 is 15.7 Å². The van der Waals surface area contributed by atoms with Crippen LogP contribution in [0.3, 0.4) is 0 Å². The first kappa shape index (κ1) is 15.1. The number of carbonyl (C=O) groups excluding carboxylic acids is 1. The Hall–Kier alpha value is -1.30. The molecule has 0 aromatic heterocycles. The molecule has 1 aromatic carbocycles. The number of amides is 1. The number of hydrogen-bond acceptors (Lipinski definition) is 3. The van der Waals surface area contributed by atoms with E-state index in [0.717, 1.165) is 13.0 Å². The first-order chi connectivity index (χ1) is 9.33. The Morgan fingerprint density at radius 1 is 1.35 bits per heavy atom. The summed E-state index contributed by atoms with van der Waals surface area (Å²) in [6.07, 6.45) is 0.723. The summed E-state index contributed by atoms with van der Waals surface area (Å²) >= 11 is 12.0. The number of hydrogen-bond donors (Lipinski definition) is 3. The molecule has 0 bridgehead atoms.